The van der Waals surface area contributed by atoms with E-state index >= 15 is 0 Å². The molecule has 28 heavy (non-hydrogen) atoms. The Hall–Kier alpha value is -3.09. The van der Waals surface area contributed by atoms with Crippen LogP contribution in [0.4, 0.5) is 15.8 Å². The number of hydrogen-bond donors (Lipinski definition) is 1. The lowest BCUT2D eigenvalue weighted by Gasteiger charge is -2.26. The van der Waals surface area contributed by atoms with Gasteiger partial charge in [-0.05, 0) is 43.2 Å². The molecule has 3 rings (SSSR count). The van der Waals surface area contributed by atoms with E-state index in [1.54, 1.807) is 13.2 Å². The van der Waals surface area contributed by atoms with E-state index in [0.717, 1.165) is 11.3 Å². The summed E-state index contributed by atoms with van der Waals surface area (Å²) in [6.45, 7) is 3.43. The number of carboxylic acid groups (broad SMARTS) is 1. The summed E-state index contributed by atoms with van der Waals surface area (Å²) >= 11 is 0. The van der Waals surface area contributed by atoms with Crippen LogP contribution in [0.1, 0.15) is 35.7 Å². The van der Waals surface area contributed by atoms with Gasteiger partial charge in [0.25, 0.3) is 0 Å². The Bertz CT molecular complexity index is 883. The van der Waals surface area contributed by atoms with Crippen molar-refractivity contribution in [1.82, 2.24) is 0 Å². The molecule has 1 aliphatic rings. The predicted molar refractivity (Wildman–Crippen MR) is 105 cm³/mol. The van der Waals surface area contributed by atoms with Gasteiger partial charge in [-0.15, -0.1) is 0 Å². The van der Waals surface area contributed by atoms with E-state index < -0.39 is 17.3 Å². The van der Waals surface area contributed by atoms with E-state index in [1.807, 2.05) is 36.1 Å². The van der Waals surface area contributed by atoms with Crippen molar-refractivity contribution < 1.29 is 23.8 Å². The van der Waals surface area contributed by atoms with Crippen LogP contribution in [-0.4, -0.2) is 37.2 Å². The van der Waals surface area contributed by atoms with E-state index in [1.165, 1.54) is 11.0 Å². The van der Waals surface area contributed by atoms with Gasteiger partial charge >= 0.3 is 5.97 Å². The minimum Gasteiger partial charge on any atom is -0.497 e. The Balaban J connectivity index is 1.98. The highest BCUT2D eigenvalue weighted by Gasteiger charge is 2.28. The molecule has 0 bridgehead atoms. The van der Waals surface area contributed by atoms with Crippen molar-refractivity contribution in [2.24, 2.45) is 0 Å². The van der Waals surface area contributed by atoms with Crippen LogP contribution in [0.3, 0.4) is 0 Å². The van der Waals surface area contributed by atoms with Crippen molar-refractivity contribution in [1.29, 1.82) is 0 Å². The average Bonchev–Trinajstić information content (AvgIpc) is 3.12. The smallest absolute Gasteiger partial charge is 0.338 e. The Labute approximate surface area is 163 Å². The van der Waals surface area contributed by atoms with Gasteiger partial charge in [0.2, 0.25) is 5.91 Å². The normalized spacial score (nSPS) is 13.7. The largest absolute Gasteiger partial charge is 0.497 e. The van der Waals surface area contributed by atoms with Crippen molar-refractivity contribution in [3.8, 4) is 5.75 Å². The van der Waals surface area contributed by atoms with Gasteiger partial charge in [-0.1, -0.05) is 12.1 Å². The summed E-state index contributed by atoms with van der Waals surface area (Å²) in [5.74, 6) is -1.66. The number of ether oxygens (including phenoxy) is 1. The number of carbonyl (C=O) groups is 2. The number of carboxylic acids is 1. The van der Waals surface area contributed by atoms with Gasteiger partial charge in [0.05, 0.1) is 18.4 Å². The Kier molecular flexibility index (Phi) is 5.82. The highest BCUT2D eigenvalue weighted by Crippen LogP contribution is 2.32. The third kappa shape index (κ3) is 3.93. The first-order valence-electron chi connectivity index (χ1n) is 9.19. The number of benzene rings is 2. The lowest BCUT2D eigenvalue weighted by molar-refractivity contribution is -0.117. The third-order valence-corrected chi connectivity index (χ3v) is 4.91. The van der Waals surface area contributed by atoms with Crippen LogP contribution in [0.15, 0.2) is 36.4 Å². The van der Waals surface area contributed by atoms with E-state index in [2.05, 4.69) is 0 Å². The number of carbonyl (C=O) groups excluding carboxylic acids is 1. The molecule has 6 nitrogen and oxygen atoms in total. The highest BCUT2D eigenvalue weighted by molar-refractivity contribution is 5.98. The number of anilines is 2. The van der Waals surface area contributed by atoms with E-state index in [9.17, 15) is 19.1 Å². The third-order valence-electron chi connectivity index (χ3n) is 4.91. The quantitative estimate of drug-likeness (QED) is 0.786. The first-order valence-corrected chi connectivity index (χ1v) is 9.19. The maximum absolute atomic E-state index is 14.8. The molecule has 2 aromatic rings. The molecule has 7 heteroatoms. The number of aromatic carboxylic acids is 1. The molecule has 1 fully saturated rings. The topological polar surface area (TPSA) is 70.1 Å². The molecule has 1 aliphatic heterocycles. The SMILES string of the molecule is CCN(Cc1ccc(OC)cc1)c1cc(C(=O)O)c(F)c(N2CCCC2=O)c1. The molecule has 1 N–H and O–H groups in total. The van der Waals surface area contributed by atoms with Gasteiger partial charge < -0.3 is 19.6 Å². The maximum atomic E-state index is 14.8. The summed E-state index contributed by atoms with van der Waals surface area (Å²) in [5.41, 5.74) is 1.17. The number of halogens is 1. The van der Waals surface area contributed by atoms with Crippen molar-refractivity contribution >= 4 is 23.3 Å². The molecule has 1 amide bonds. The summed E-state index contributed by atoms with van der Waals surface area (Å²) in [6, 6.07) is 10.4. The molecule has 0 unspecified atom stereocenters. The zero-order chi connectivity index (χ0) is 20.3. The number of rotatable bonds is 7. The van der Waals surface area contributed by atoms with Crippen LogP contribution in [0, 0.1) is 5.82 Å². The van der Waals surface area contributed by atoms with Crippen molar-refractivity contribution in [3.63, 3.8) is 0 Å². The summed E-state index contributed by atoms with van der Waals surface area (Å²) in [5, 5.41) is 9.45. The van der Waals surface area contributed by atoms with Gasteiger partial charge in [-0.2, -0.15) is 0 Å². The summed E-state index contributed by atoms with van der Waals surface area (Å²) in [7, 11) is 1.60. The minimum atomic E-state index is -1.35. The van der Waals surface area contributed by atoms with Gasteiger partial charge in [0.1, 0.15) is 5.75 Å². The predicted octanol–water partition coefficient (Wildman–Crippen LogP) is 3.69. The molecular formula is C21H23FN2O4. The number of methoxy groups -OCH3 is 1. The van der Waals surface area contributed by atoms with Crippen LogP contribution in [0.2, 0.25) is 0 Å². The second-order valence-electron chi connectivity index (χ2n) is 6.64. The van der Waals surface area contributed by atoms with E-state index in [-0.39, 0.29) is 11.6 Å². The highest BCUT2D eigenvalue weighted by atomic mass is 19.1. The second kappa shape index (κ2) is 8.29. The van der Waals surface area contributed by atoms with Gasteiger partial charge in [-0.25, -0.2) is 9.18 Å². The standard InChI is InChI=1S/C21H23FN2O4/c1-3-23(13-14-6-8-16(28-2)9-7-14)15-11-17(21(26)27)20(22)18(12-15)24-10-4-5-19(24)25/h6-9,11-12H,3-5,10,13H2,1-2H3,(H,26,27). The van der Waals surface area contributed by atoms with Gasteiger partial charge in [-0.3, -0.25) is 4.79 Å². The second-order valence-corrected chi connectivity index (χ2v) is 6.64. The van der Waals surface area contributed by atoms with Crippen LogP contribution >= 0.6 is 0 Å². The molecule has 0 spiro atoms. The summed E-state index contributed by atoms with van der Waals surface area (Å²) in [4.78, 5) is 27.0. The fourth-order valence-electron chi connectivity index (χ4n) is 3.37. The zero-order valence-corrected chi connectivity index (χ0v) is 15.9. The molecule has 2 aromatic carbocycles. The average molecular weight is 386 g/mol. The summed E-state index contributed by atoms with van der Waals surface area (Å²) in [6.07, 6.45) is 0.976. The molecule has 0 atom stereocenters. The Morgan fingerprint density at radius 2 is 2.00 bits per heavy atom. The van der Waals surface area contributed by atoms with Crippen LogP contribution in [0.25, 0.3) is 0 Å². The fourth-order valence-corrected chi connectivity index (χ4v) is 3.37. The fraction of sp³-hybridized carbons (Fsp3) is 0.333. The first-order chi connectivity index (χ1) is 13.4. The number of hydrogen-bond acceptors (Lipinski definition) is 4. The molecule has 0 radical (unpaired) electrons. The number of amides is 1. The van der Waals surface area contributed by atoms with E-state index in [4.69, 9.17) is 4.74 Å². The minimum absolute atomic E-state index is 0.0329. The first kappa shape index (κ1) is 19.7. The lowest BCUT2D eigenvalue weighted by atomic mass is 10.1. The monoisotopic (exact) mass is 386 g/mol. The van der Waals surface area contributed by atoms with Crippen LogP contribution in [0.5, 0.6) is 5.75 Å². The zero-order valence-electron chi connectivity index (χ0n) is 15.9. The van der Waals surface area contributed by atoms with Crippen LogP contribution in [-0.2, 0) is 11.3 Å². The molecule has 1 heterocycles. The molecule has 0 saturated carbocycles. The Morgan fingerprint density at radius 3 is 2.54 bits per heavy atom. The Morgan fingerprint density at radius 1 is 1.29 bits per heavy atom. The summed E-state index contributed by atoms with van der Waals surface area (Å²) < 4.78 is 20.0. The van der Waals surface area contributed by atoms with E-state index in [0.29, 0.717) is 38.2 Å². The van der Waals surface area contributed by atoms with Gasteiger partial charge in [0.15, 0.2) is 5.82 Å². The molecule has 148 valence electrons. The lowest BCUT2D eigenvalue weighted by Crippen LogP contribution is -2.27. The van der Waals surface area contributed by atoms with Crippen LogP contribution < -0.4 is 14.5 Å². The number of nitrogens with zero attached hydrogens (tertiary/aromatic N) is 2. The van der Waals surface area contributed by atoms with Crippen molar-refractivity contribution in [3.05, 3.63) is 53.3 Å². The maximum Gasteiger partial charge on any atom is 0.338 e. The van der Waals surface area contributed by atoms with Crippen molar-refractivity contribution in [2.45, 2.75) is 26.3 Å². The van der Waals surface area contributed by atoms with Crippen molar-refractivity contribution in [2.75, 3.05) is 30.0 Å². The molecule has 0 aliphatic carbocycles. The molecular weight excluding hydrogens is 363 g/mol. The van der Waals surface area contributed by atoms with Gasteiger partial charge in [0, 0.05) is 31.7 Å². The molecule has 0 aromatic heterocycles. The molecule has 1 saturated heterocycles.